The highest BCUT2D eigenvalue weighted by atomic mass is 32.2. The Morgan fingerprint density at radius 3 is 2.48 bits per heavy atom. The summed E-state index contributed by atoms with van der Waals surface area (Å²) in [6.45, 7) is 2.09. The molecule has 0 aliphatic heterocycles. The van der Waals surface area contributed by atoms with Crippen LogP contribution in [0.1, 0.15) is 5.56 Å². The molecule has 0 amide bonds. The number of nitrogens with zero attached hydrogens (tertiary/aromatic N) is 3. The predicted octanol–water partition coefficient (Wildman–Crippen LogP) is 4.86. The summed E-state index contributed by atoms with van der Waals surface area (Å²) < 4.78 is 2.10. The van der Waals surface area contributed by atoms with Gasteiger partial charge in [0.25, 0.3) is 0 Å². The summed E-state index contributed by atoms with van der Waals surface area (Å²) in [5, 5.41) is 1.06. The number of aromatic nitrogens is 3. The molecule has 4 aromatic rings. The second-order valence-electron chi connectivity index (χ2n) is 5.35. The highest BCUT2D eigenvalue weighted by Crippen LogP contribution is 2.30. The molecule has 0 unspecified atom stereocenters. The van der Waals surface area contributed by atoms with Gasteiger partial charge in [0.05, 0.1) is 6.20 Å². The average Bonchev–Trinajstić information content (AvgIpc) is 3.07. The molecular weight excluding hydrogens is 302 g/mol. The standard InChI is InChI=1S/C19H15N3S/c1-14-7-9-15(10-8-14)18-19-20-11-12-22(19)17(13-21-18)23-16-5-3-2-4-6-16/h2-13H,1H3. The summed E-state index contributed by atoms with van der Waals surface area (Å²) in [7, 11) is 0. The highest BCUT2D eigenvalue weighted by Gasteiger charge is 2.11. The van der Waals surface area contributed by atoms with Crippen molar-refractivity contribution in [1.29, 1.82) is 0 Å². The van der Waals surface area contributed by atoms with Crippen molar-refractivity contribution in [3.8, 4) is 11.3 Å². The van der Waals surface area contributed by atoms with Crippen LogP contribution in [0.3, 0.4) is 0 Å². The number of imidazole rings is 1. The number of aryl methyl sites for hydroxylation is 1. The molecule has 3 nitrogen and oxygen atoms in total. The minimum atomic E-state index is 0.884. The Balaban J connectivity index is 1.80. The van der Waals surface area contributed by atoms with Crippen LogP contribution in [0.25, 0.3) is 16.9 Å². The lowest BCUT2D eigenvalue weighted by Crippen LogP contribution is -1.95. The molecule has 0 spiro atoms. The Morgan fingerprint density at radius 2 is 1.70 bits per heavy atom. The summed E-state index contributed by atoms with van der Waals surface area (Å²) in [6.07, 6.45) is 5.73. The van der Waals surface area contributed by atoms with Crippen LogP contribution in [0.15, 0.2) is 83.1 Å². The van der Waals surface area contributed by atoms with Gasteiger partial charge >= 0.3 is 0 Å². The van der Waals surface area contributed by atoms with Gasteiger partial charge in [-0.1, -0.05) is 59.8 Å². The van der Waals surface area contributed by atoms with Crippen LogP contribution in [-0.2, 0) is 0 Å². The van der Waals surface area contributed by atoms with Crippen molar-refractivity contribution < 1.29 is 0 Å². The second kappa shape index (κ2) is 5.89. The molecule has 2 aromatic carbocycles. The monoisotopic (exact) mass is 317 g/mol. The summed E-state index contributed by atoms with van der Waals surface area (Å²) in [4.78, 5) is 10.4. The van der Waals surface area contributed by atoms with Gasteiger partial charge < -0.3 is 0 Å². The maximum Gasteiger partial charge on any atom is 0.164 e. The van der Waals surface area contributed by atoms with E-state index in [0.717, 1.165) is 21.9 Å². The van der Waals surface area contributed by atoms with Crippen LogP contribution in [-0.4, -0.2) is 14.4 Å². The van der Waals surface area contributed by atoms with Crippen LogP contribution in [0, 0.1) is 6.92 Å². The molecule has 112 valence electrons. The SMILES string of the molecule is Cc1ccc(-c2ncc(Sc3ccccc3)n3ccnc23)cc1. The normalized spacial score (nSPS) is 11.0. The van der Waals surface area contributed by atoms with E-state index in [1.54, 1.807) is 11.8 Å². The highest BCUT2D eigenvalue weighted by molar-refractivity contribution is 7.99. The Hall–Kier alpha value is -2.59. The van der Waals surface area contributed by atoms with Gasteiger partial charge in [-0.3, -0.25) is 4.40 Å². The van der Waals surface area contributed by atoms with Crippen LogP contribution in [0.4, 0.5) is 0 Å². The lowest BCUT2D eigenvalue weighted by Gasteiger charge is -2.08. The Morgan fingerprint density at radius 1 is 0.913 bits per heavy atom. The number of hydrogen-bond donors (Lipinski definition) is 0. The van der Waals surface area contributed by atoms with Crippen molar-refractivity contribution in [2.75, 3.05) is 0 Å². The van der Waals surface area contributed by atoms with E-state index >= 15 is 0 Å². The fourth-order valence-corrected chi connectivity index (χ4v) is 3.38. The molecule has 0 aliphatic rings. The van der Waals surface area contributed by atoms with E-state index < -0.39 is 0 Å². The Kier molecular flexibility index (Phi) is 3.60. The van der Waals surface area contributed by atoms with Gasteiger partial charge in [-0.25, -0.2) is 9.97 Å². The van der Waals surface area contributed by atoms with Crippen LogP contribution >= 0.6 is 11.8 Å². The molecule has 0 atom stereocenters. The fraction of sp³-hybridized carbons (Fsp3) is 0.0526. The van der Waals surface area contributed by atoms with Gasteiger partial charge in [0.1, 0.15) is 10.7 Å². The van der Waals surface area contributed by atoms with Crippen molar-refractivity contribution in [1.82, 2.24) is 14.4 Å². The third kappa shape index (κ3) is 2.73. The molecule has 0 bridgehead atoms. The molecule has 0 saturated carbocycles. The molecule has 0 N–H and O–H groups in total. The Bertz CT molecular complexity index is 943. The van der Waals surface area contributed by atoms with E-state index in [2.05, 4.69) is 57.7 Å². The Labute approximate surface area is 139 Å². The molecule has 4 heteroatoms. The zero-order valence-corrected chi connectivity index (χ0v) is 13.5. The van der Waals surface area contributed by atoms with E-state index in [9.17, 15) is 0 Å². The lowest BCUT2D eigenvalue weighted by molar-refractivity contribution is 0.984. The zero-order chi connectivity index (χ0) is 15.6. The van der Waals surface area contributed by atoms with Crippen molar-refractivity contribution >= 4 is 17.4 Å². The zero-order valence-electron chi connectivity index (χ0n) is 12.7. The minimum absolute atomic E-state index is 0.884. The van der Waals surface area contributed by atoms with Gasteiger partial charge in [-0.05, 0) is 19.1 Å². The van der Waals surface area contributed by atoms with Gasteiger partial charge in [0.15, 0.2) is 5.65 Å². The van der Waals surface area contributed by atoms with Gasteiger partial charge in [0.2, 0.25) is 0 Å². The van der Waals surface area contributed by atoms with Gasteiger partial charge in [0, 0.05) is 22.9 Å². The summed E-state index contributed by atoms with van der Waals surface area (Å²) in [6, 6.07) is 18.7. The van der Waals surface area contributed by atoms with E-state index in [4.69, 9.17) is 0 Å². The van der Waals surface area contributed by atoms with Crippen molar-refractivity contribution in [3.05, 3.63) is 78.8 Å². The molecule has 0 radical (unpaired) electrons. The average molecular weight is 317 g/mol. The summed E-state index contributed by atoms with van der Waals surface area (Å²) in [5.41, 5.74) is 4.12. The van der Waals surface area contributed by atoms with E-state index in [1.165, 1.54) is 10.5 Å². The van der Waals surface area contributed by atoms with Crippen LogP contribution in [0.2, 0.25) is 0 Å². The molecule has 2 heterocycles. The predicted molar refractivity (Wildman–Crippen MR) is 93.7 cm³/mol. The van der Waals surface area contributed by atoms with E-state index in [0.29, 0.717) is 0 Å². The smallest absolute Gasteiger partial charge is 0.164 e. The molecular formula is C19H15N3S. The largest absolute Gasteiger partial charge is 0.291 e. The first-order valence-electron chi connectivity index (χ1n) is 7.43. The first-order valence-corrected chi connectivity index (χ1v) is 8.25. The molecule has 4 rings (SSSR count). The van der Waals surface area contributed by atoms with Crippen molar-refractivity contribution in [2.45, 2.75) is 16.8 Å². The van der Waals surface area contributed by atoms with Gasteiger partial charge in [-0.15, -0.1) is 0 Å². The summed E-state index contributed by atoms with van der Waals surface area (Å²) >= 11 is 1.69. The molecule has 23 heavy (non-hydrogen) atoms. The minimum Gasteiger partial charge on any atom is -0.291 e. The van der Waals surface area contributed by atoms with Crippen LogP contribution < -0.4 is 0 Å². The first-order chi connectivity index (χ1) is 11.3. The second-order valence-corrected chi connectivity index (χ2v) is 6.44. The fourth-order valence-electron chi connectivity index (χ4n) is 2.50. The van der Waals surface area contributed by atoms with Crippen LogP contribution in [0.5, 0.6) is 0 Å². The number of rotatable bonds is 3. The molecule has 0 aliphatic carbocycles. The quantitative estimate of drug-likeness (QED) is 0.541. The maximum absolute atomic E-state index is 4.67. The number of benzene rings is 2. The van der Waals surface area contributed by atoms with Crippen molar-refractivity contribution in [2.24, 2.45) is 0 Å². The third-order valence-electron chi connectivity index (χ3n) is 3.68. The maximum atomic E-state index is 4.67. The van der Waals surface area contributed by atoms with E-state index in [1.807, 2.05) is 36.8 Å². The molecule has 2 aromatic heterocycles. The number of fused-ring (bicyclic) bond motifs is 1. The third-order valence-corrected chi connectivity index (χ3v) is 4.70. The lowest BCUT2D eigenvalue weighted by atomic mass is 10.1. The molecule has 0 fully saturated rings. The van der Waals surface area contributed by atoms with E-state index in [-0.39, 0.29) is 0 Å². The number of hydrogen-bond acceptors (Lipinski definition) is 3. The first kappa shape index (κ1) is 14.0. The topological polar surface area (TPSA) is 30.2 Å². The van der Waals surface area contributed by atoms with Gasteiger partial charge in [-0.2, -0.15) is 0 Å². The van der Waals surface area contributed by atoms with Crippen molar-refractivity contribution in [3.63, 3.8) is 0 Å². The molecule has 0 saturated heterocycles. The summed E-state index contributed by atoms with van der Waals surface area (Å²) in [5.74, 6) is 0.